The second kappa shape index (κ2) is 5.16. The Kier molecular flexibility index (Phi) is 3.46. The van der Waals surface area contributed by atoms with Gasteiger partial charge in [-0.15, -0.1) is 0 Å². The molecule has 2 aromatic heterocycles. The molecule has 7 nitrogen and oxygen atoms in total. The minimum atomic E-state index is -0.613. The molecule has 0 bridgehead atoms. The van der Waals surface area contributed by atoms with Gasteiger partial charge in [0.2, 0.25) is 0 Å². The van der Waals surface area contributed by atoms with Crippen molar-refractivity contribution in [2.75, 3.05) is 6.54 Å². The molecule has 112 valence electrons. The largest absolute Gasteiger partial charge is 0.387 e. The van der Waals surface area contributed by atoms with Crippen molar-refractivity contribution in [3.63, 3.8) is 0 Å². The molecular formula is C13H16ClN5O2. The van der Waals surface area contributed by atoms with Crippen LogP contribution in [0.25, 0.3) is 0 Å². The van der Waals surface area contributed by atoms with Gasteiger partial charge in [-0.3, -0.25) is 14.2 Å². The summed E-state index contributed by atoms with van der Waals surface area (Å²) >= 11 is 6.02. The highest BCUT2D eigenvalue weighted by molar-refractivity contribution is 6.33. The third-order valence-corrected chi connectivity index (χ3v) is 3.80. The van der Waals surface area contributed by atoms with Gasteiger partial charge in [0, 0.05) is 19.8 Å². The monoisotopic (exact) mass is 309 g/mol. The third-order valence-electron chi connectivity index (χ3n) is 3.52. The first-order chi connectivity index (χ1) is 9.95. The van der Waals surface area contributed by atoms with Gasteiger partial charge in [-0.1, -0.05) is 11.6 Å². The van der Waals surface area contributed by atoms with Crippen LogP contribution in [0.3, 0.4) is 0 Å². The van der Waals surface area contributed by atoms with E-state index in [9.17, 15) is 9.90 Å². The molecule has 0 saturated heterocycles. The number of hydrogen-bond donors (Lipinski definition) is 1. The van der Waals surface area contributed by atoms with E-state index in [0.717, 1.165) is 5.69 Å². The highest BCUT2D eigenvalue weighted by atomic mass is 35.5. The predicted octanol–water partition coefficient (Wildman–Crippen LogP) is 0.979. The lowest BCUT2D eigenvalue weighted by Gasteiger charge is -2.27. The molecular weight excluding hydrogens is 294 g/mol. The number of fused-ring (bicyclic) bond motifs is 1. The lowest BCUT2D eigenvalue weighted by Crippen LogP contribution is -2.38. The molecule has 1 amide bonds. The van der Waals surface area contributed by atoms with Crippen molar-refractivity contribution >= 4 is 17.5 Å². The van der Waals surface area contributed by atoms with Crippen LogP contribution in [-0.4, -0.2) is 42.0 Å². The summed E-state index contributed by atoms with van der Waals surface area (Å²) < 4.78 is 3.35. The highest BCUT2D eigenvalue weighted by Crippen LogP contribution is 2.21. The van der Waals surface area contributed by atoms with Crippen LogP contribution in [0.2, 0.25) is 5.02 Å². The van der Waals surface area contributed by atoms with Crippen molar-refractivity contribution in [2.45, 2.75) is 26.1 Å². The average molecular weight is 310 g/mol. The molecule has 0 aromatic carbocycles. The molecule has 0 saturated carbocycles. The first-order valence-electron chi connectivity index (χ1n) is 6.69. The maximum Gasteiger partial charge on any atom is 0.276 e. The van der Waals surface area contributed by atoms with Crippen LogP contribution < -0.4 is 0 Å². The van der Waals surface area contributed by atoms with E-state index < -0.39 is 6.10 Å². The van der Waals surface area contributed by atoms with Gasteiger partial charge in [0.05, 0.1) is 35.6 Å². The quantitative estimate of drug-likeness (QED) is 0.897. The molecule has 1 aliphatic rings. The first kappa shape index (κ1) is 14.1. The zero-order valence-electron chi connectivity index (χ0n) is 11.8. The fourth-order valence-corrected chi connectivity index (χ4v) is 2.68. The van der Waals surface area contributed by atoms with Crippen LogP contribution >= 0.6 is 11.6 Å². The Morgan fingerprint density at radius 1 is 1.43 bits per heavy atom. The van der Waals surface area contributed by atoms with Crippen molar-refractivity contribution in [3.8, 4) is 0 Å². The van der Waals surface area contributed by atoms with Gasteiger partial charge in [0.25, 0.3) is 5.91 Å². The zero-order chi connectivity index (χ0) is 15.1. The van der Waals surface area contributed by atoms with Crippen molar-refractivity contribution in [1.82, 2.24) is 24.5 Å². The van der Waals surface area contributed by atoms with Crippen molar-refractivity contribution in [3.05, 3.63) is 34.4 Å². The Bertz CT molecular complexity index is 691. The SMILES string of the molecule is CC(O)c1cc2n(n1)CCN(C(=O)c1nn(C)cc1Cl)C2. The van der Waals surface area contributed by atoms with Gasteiger partial charge in [0.15, 0.2) is 5.69 Å². The Morgan fingerprint density at radius 3 is 2.81 bits per heavy atom. The molecule has 2 aromatic rings. The predicted molar refractivity (Wildman–Crippen MR) is 75.8 cm³/mol. The van der Waals surface area contributed by atoms with Crippen LogP contribution in [0.15, 0.2) is 12.3 Å². The number of aromatic nitrogens is 4. The van der Waals surface area contributed by atoms with E-state index in [1.807, 2.05) is 10.7 Å². The number of halogens is 1. The summed E-state index contributed by atoms with van der Waals surface area (Å²) in [4.78, 5) is 14.2. The Balaban J connectivity index is 1.82. The summed E-state index contributed by atoms with van der Waals surface area (Å²) in [5, 5.41) is 18.4. The molecule has 8 heteroatoms. The van der Waals surface area contributed by atoms with Crippen molar-refractivity contribution < 1.29 is 9.90 Å². The van der Waals surface area contributed by atoms with Gasteiger partial charge in [-0.05, 0) is 13.0 Å². The average Bonchev–Trinajstić information content (AvgIpc) is 3.00. The van der Waals surface area contributed by atoms with Crippen molar-refractivity contribution in [1.29, 1.82) is 0 Å². The Labute approximate surface area is 126 Å². The molecule has 0 aliphatic carbocycles. The van der Waals surface area contributed by atoms with E-state index in [1.165, 1.54) is 4.68 Å². The number of aryl methyl sites for hydroxylation is 1. The van der Waals surface area contributed by atoms with Crippen LogP contribution in [0.5, 0.6) is 0 Å². The fourth-order valence-electron chi connectivity index (χ4n) is 2.42. The smallest absolute Gasteiger partial charge is 0.276 e. The van der Waals surface area contributed by atoms with Gasteiger partial charge in [0.1, 0.15) is 0 Å². The minimum Gasteiger partial charge on any atom is -0.387 e. The number of aliphatic hydroxyl groups excluding tert-OH is 1. The molecule has 1 N–H and O–H groups in total. The van der Waals surface area contributed by atoms with Crippen LogP contribution in [0.4, 0.5) is 0 Å². The van der Waals surface area contributed by atoms with Crippen LogP contribution in [0.1, 0.15) is 34.9 Å². The number of aliphatic hydroxyl groups is 1. The molecule has 3 heterocycles. The molecule has 0 radical (unpaired) electrons. The Hall–Kier alpha value is -1.86. The third kappa shape index (κ3) is 2.54. The molecule has 21 heavy (non-hydrogen) atoms. The lowest BCUT2D eigenvalue weighted by molar-refractivity contribution is 0.0699. The van der Waals surface area contributed by atoms with E-state index in [0.29, 0.717) is 30.4 Å². The normalized spacial score (nSPS) is 15.9. The Morgan fingerprint density at radius 2 is 2.19 bits per heavy atom. The summed E-state index contributed by atoms with van der Waals surface area (Å²) in [5.74, 6) is -0.188. The van der Waals surface area contributed by atoms with Gasteiger partial charge in [-0.25, -0.2) is 0 Å². The molecule has 0 spiro atoms. The number of amides is 1. The van der Waals surface area contributed by atoms with Crippen molar-refractivity contribution in [2.24, 2.45) is 7.05 Å². The van der Waals surface area contributed by atoms with Crippen LogP contribution in [-0.2, 0) is 20.1 Å². The highest BCUT2D eigenvalue weighted by Gasteiger charge is 2.26. The zero-order valence-corrected chi connectivity index (χ0v) is 12.6. The maximum atomic E-state index is 12.5. The fraction of sp³-hybridized carbons (Fsp3) is 0.462. The topological polar surface area (TPSA) is 76.2 Å². The van der Waals surface area contributed by atoms with Gasteiger partial charge in [-0.2, -0.15) is 10.2 Å². The second-order valence-electron chi connectivity index (χ2n) is 5.19. The molecule has 1 unspecified atom stereocenters. The lowest BCUT2D eigenvalue weighted by atomic mass is 10.2. The molecule has 1 aliphatic heterocycles. The number of carbonyl (C=O) groups is 1. The van der Waals surface area contributed by atoms with E-state index in [-0.39, 0.29) is 11.6 Å². The maximum absolute atomic E-state index is 12.5. The van der Waals surface area contributed by atoms with E-state index in [2.05, 4.69) is 10.2 Å². The number of hydrogen-bond acceptors (Lipinski definition) is 4. The summed E-state index contributed by atoms with van der Waals surface area (Å²) in [6.45, 7) is 3.24. The summed E-state index contributed by atoms with van der Waals surface area (Å²) in [7, 11) is 1.73. The number of nitrogens with zero attached hydrogens (tertiary/aromatic N) is 5. The number of carbonyl (C=O) groups excluding carboxylic acids is 1. The van der Waals surface area contributed by atoms with E-state index >= 15 is 0 Å². The molecule has 0 fully saturated rings. The van der Waals surface area contributed by atoms with Gasteiger partial charge < -0.3 is 10.0 Å². The van der Waals surface area contributed by atoms with Crippen LogP contribution in [0, 0.1) is 0 Å². The standard InChI is InChI=1S/C13H16ClN5O2/c1-8(20)11-5-9-6-18(3-4-19(9)15-11)13(21)12-10(14)7-17(2)16-12/h5,7-8,20H,3-4,6H2,1-2H3. The summed E-state index contributed by atoms with van der Waals surface area (Å²) in [6, 6.07) is 1.82. The van der Waals surface area contributed by atoms with E-state index in [4.69, 9.17) is 11.6 Å². The number of rotatable bonds is 2. The molecule has 1 atom stereocenters. The second-order valence-corrected chi connectivity index (χ2v) is 5.59. The first-order valence-corrected chi connectivity index (χ1v) is 7.06. The van der Waals surface area contributed by atoms with Gasteiger partial charge >= 0.3 is 0 Å². The summed E-state index contributed by atoms with van der Waals surface area (Å²) in [6.07, 6.45) is 0.992. The van der Waals surface area contributed by atoms with E-state index in [1.54, 1.807) is 25.1 Å². The summed E-state index contributed by atoms with van der Waals surface area (Å²) in [5.41, 5.74) is 1.79. The molecule has 3 rings (SSSR count). The minimum absolute atomic E-state index is 0.188.